The Morgan fingerprint density at radius 2 is 1.85 bits per heavy atom. The van der Waals surface area contributed by atoms with Gasteiger partial charge in [0.05, 0.1) is 12.7 Å². The molecule has 102 valence electrons. The lowest BCUT2D eigenvalue weighted by Gasteiger charge is -2.17. The molecule has 4 nitrogen and oxygen atoms in total. The van der Waals surface area contributed by atoms with E-state index in [1.165, 1.54) is 5.56 Å². The Labute approximate surface area is 119 Å². The van der Waals surface area contributed by atoms with E-state index < -0.39 is 0 Å². The van der Waals surface area contributed by atoms with E-state index in [4.69, 9.17) is 10.00 Å². The molecular weight excluding hydrogens is 250 g/mol. The lowest BCUT2D eigenvalue weighted by molar-refractivity contribution is 0.318. The molecule has 0 radical (unpaired) electrons. The fourth-order valence-corrected chi connectivity index (χ4v) is 2.11. The fourth-order valence-electron chi connectivity index (χ4n) is 2.11. The molecular formula is C16H17N3O. The van der Waals surface area contributed by atoms with Crippen LogP contribution in [0.25, 0.3) is 0 Å². The Kier molecular flexibility index (Phi) is 4.70. The van der Waals surface area contributed by atoms with E-state index in [-0.39, 0.29) is 0 Å². The molecule has 0 atom stereocenters. The maximum Gasteiger partial charge on any atom is 0.136 e. The number of pyridine rings is 1. The van der Waals surface area contributed by atoms with Crippen LogP contribution in [0.1, 0.15) is 16.7 Å². The van der Waals surface area contributed by atoms with Crippen LogP contribution in [-0.2, 0) is 13.1 Å². The molecule has 0 spiro atoms. The van der Waals surface area contributed by atoms with E-state index in [1.807, 2.05) is 30.3 Å². The third-order valence-electron chi connectivity index (χ3n) is 3.04. The summed E-state index contributed by atoms with van der Waals surface area (Å²) in [6.07, 6.45) is 3.59. The van der Waals surface area contributed by atoms with Gasteiger partial charge in [-0.15, -0.1) is 0 Å². The molecule has 4 heteroatoms. The Balaban J connectivity index is 2.05. The van der Waals surface area contributed by atoms with Crippen molar-refractivity contribution in [1.29, 1.82) is 5.26 Å². The number of benzene rings is 1. The molecule has 0 aliphatic heterocycles. The second kappa shape index (κ2) is 6.69. The third kappa shape index (κ3) is 3.56. The van der Waals surface area contributed by atoms with Crippen LogP contribution in [-0.4, -0.2) is 24.0 Å². The quantitative estimate of drug-likeness (QED) is 0.835. The van der Waals surface area contributed by atoms with Crippen molar-refractivity contribution in [3.8, 4) is 11.8 Å². The molecule has 0 fully saturated rings. The zero-order chi connectivity index (χ0) is 14.4. The zero-order valence-electron chi connectivity index (χ0n) is 11.7. The van der Waals surface area contributed by atoms with Crippen LogP contribution < -0.4 is 4.74 Å². The SMILES string of the molecule is COc1ccc(CN(C)Cc2ccncc2)cc1C#N. The van der Waals surface area contributed by atoms with E-state index in [2.05, 4.69) is 23.0 Å². The minimum atomic E-state index is 0.572. The first kappa shape index (κ1) is 14.0. The van der Waals surface area contributed by atoms with Crippen molar-refractivity contribution in [2.75, 3.05) is 14.2 Å². The van der Waals surface area contributed by atoms with Gasteiger partial charge in [0.2, 0.25) is 0 Å². The maximum absolute atomic E-state index is 9.09. The molecule has 0 aliphatic rings. The molecule has 0 unspecified atom stereocenters. The van der Waals surface area contributed by atoms with Crippen LogP contribution >= 0.6 is 0 Å². The Morgan fingerprint density at radius 3 is 2.50 bits per heavy atom. The van der Waals surface area contributed by atoms with Crippen molar-refractivity contribution in [3.05, 3.63) is 59.4 Å². The predicted octanol–water partition coefficient (Wildman–Crippen LogP) is 2.59. The molecule has 0 aliphatic carbocycles. The summed E-state index contributed by atoms with van der Waals surface area (Å²) >= 11 is 0. The molecule has 20 heavy (non-hydrogen) atoms. The van der Waals surface area contributed by atoms with Crippen molar-refractivity contribution in [1.82, 2.24) is 9.88 Å². The topological polar surface area (TPSA) is 49.1 Å². The monoisotopic (exact) mass is 267 g/mol. The first-order valence-corrected chi connectivity index (χ1v) is 6.37. The first-order chi connectivity index (χ1) is 9.72. The highest BCUT2D eigenvalue weighted by molar-refractivity contribution is 5.45. The summed E-state index contributed by atoms with van der Waals surface area (Å²) in [5, 5.41) is 9.09. The summed E-state index contributed by atoms with van der Waals surface area (Å²) in [7, 11) is 3.63. The van der Waals surface area contributed by atoms with Crippen LogP contribution in [0.5, 0.6) is 5.75 Å². The summed E-state index contributed by atoms with van der Waals surface area (Å²) in [6, 6.07) is 11.9. The van der Waals surface area contributed by atoms with E-state index in [9.17, 15) is 0 Å². The van der Waals surface area contributed by atoms with Gasteiger partial charge in [-0.3, -0.25) is 9.88 Å². The molecule has 0 N–H and O–H groups in total. The van der Waals surface area contributed by atoms with Crippen LogP contribution in [0.4, 0.5) is 0 Å². The number of aromatic nitrogens is 1. The highest BCUT2D eigenvalue weighted by atomic mass is 16.5. The predicted molar refractivity (Wildman–Crippen MR) is 77.1 cm³/mol. The third-order valence-corrected chi connectivity index (χ3v) is 3.04. The molecule has 2 aromatic rings. The zero-order valence-corrected chi connectivity index (χ0v) is 11.7. The van der Waals surface area contributed by atoms with Gasteiger partial charge >= 0.3 is 0 Å². The molecule has 0 bridgehead atoms. The lowest BCUT2D eigenvalue weighted by Crippen LogP contribution is -2.17. The largest absolute Gasteiger partial charge is 0.495 e. The number of nitrogens with zero attached hydrogens (tertiary/aromatic N) is 3. The first-order valence-electron chi connectivity index (χ1n) is 6.37. The number of ether oxygens (including phenoxy) is 1. The highest BCUT2D eigenvalue weighted by Crippen LogP contribution is 2.19. The van der Waals surface area contributed by atoms with Gasteiger partial charge in [0, 0.05) is 25.5 Å². The molecule has 1 aromatic carbocycles. The van der Waals surface area contributed by atoms with Gasteiger partial charge in [-0.25, -0.2) is 0 Å². The van der Waals surface area contributed by atoms with Crippen molar-refractivity contribution in [3.63, 3.8) is 0 Å². The number of hydrogen-bond acceptors (Lipinski definition) is 4. The second-order valence-electron chi connectivity index (χ2n) is 4.67. The number of methoxy groups -OCH3 is 1. The van der Waals surface area contributed by atoms with Crippen LogP contribution in [0, 0.1) is 11.3 Å². The lowest BCUT2D eigenvalue weighted by atomic mass is 10.1. The molecule has 1 aromatic heterocycles. The van der Waals surface area contributed by atoms with Crippen molar-refractivity contribution >= 4 is 0 Å². The van der Waals surface area contributed by atoms with Crippen LogP contribution in [0.15, 0.2) is 42.7 Å². The van der Waals surface area contributed by atoms with Gasteiger partial charge in [-0.2, -0.15) is 5.26 Å². The molecule has 0 saturated heterocycles. The van der Waals surface area contributed by atoms with Crippen molar-refractivity contribution in [2.24, 2.45) is 0 Å². The number of hydrogen-bond donors (Lipinski definition) is 0. The van der Waals surface area contributed by atoms with Gasteiger partial charge in [-0.05, 0) is 42.4 Å². The van der Waals surface area contributed by atoms with E-state index in [1.54, 1.807) is 19.5 Å². The minimum Gasteiger partial charge on any atom is -0.495 e. The molecule has 2 rings (SSSR count). The summed E-state index contributed by atoms with van der Waals surface area (Å²) in [5.74, 6) is 0.619. The molecule has 0 saturated carbocycles. The Bertz CT molecular complexity index is 605. The van der Waals surface area contributed by atoms with E-state index >= 15 is 0 Å². The van der Waals surface area contributed by atoms with Gasteiger partial charge in [0.25, 0.3) is 0 Å². The number of rotatable bonds is 5. The van der Waals surface area contributed by atoms with Crippen LogP contribution in [0.3, 0.4) is 0 Å². The Morgan fingerprint density at radius 1 is 1.15 bits per heavy atom. The minimum absolute atomic E-state index is 0.572. The summed E-state index contributed by atoms with van der Waals surface area (Å²) in [5.41, 5.74) is 2.89. The van der Waals surface area contributed by atoms with Crippen molar-refractivity contribution in [2.45, 2.75) is 13.1 Å². The fraction of sp³-hybridized carbons (Fsp3) is 0.250. The summed E-state index contributed by atoms with van der Waals surface area (Å²) < 4.78 is 5.15. The summed E-state index contributed by atoms with van der Waals surface area (Å²) in [4.78, 5) is 6.20. The van der Waals surface area contributed by atoms with Crippen LogP contribution in [0.2, 0.25) is 0 Å². The van der Waals surface area contributed by atoms with Gasteiger partial charge < -0.3 is 4.74 Å². The molecule has 1 heterocycles. The van der Waals surface area contributed by atoms with Gasteiger partial charge in [0.1, 0.15) is 11.8 Å². The summed E-state index contributed by atoms with van der Waals surface area (Å²) in [6.45, 7) is 1.62. The van der Waals surface area contributed by atoms with Crippen molar-refractivity contribution < 1.29 is 4.74 Å². The van der Waals surface area contributed by atoms with E-state index in [0.717, 1.165) is 18.7 Å². The standard InChI is InChI=1S/C16H17N3O/c1-19(11-13-5-7-18-8-6-13)12-14-3-4-16(20-2)15(9-14)10-17/h3-9H,11-12H2,1-2H3. The highest BCUT2D eigenvalue weighted by Gasteiger charge is 2.06. The Hall–Kier alpha value is -2.38. The normalized spacial score (nSPS) is 10.3. The van der Waals surface area contributed by atoms with Gasteiger partial charge in [-0.1, -0.05) is 6.07 Å². The average molecular weight is 267 g/mol. The molecule has 0 amide bonds. The second-order valence-corrected chi connectivity index (χ2v) is 4.67. The number of nitriles is 1. The van der Waals surface area contributed by atoms with Gasteiger partial charge in [0.15, 0.2) is 0 Å². The average Bonchev–Trinajstić information content (AvgIpc) is 2.48. The smallest absolute Gasteiger partial charge is 0.136 e. The van der Waals surface area contributed by atoms with E-state index in [0.29, 0.717) is 11.3 Å². The maximum atomic E-state index is 9.09.